The normalized spacial score (nSPS) is 23.8. The summed E-state index contributed by atoms with van der Waals surface area (Å²) in [6.07, 6.45) is 0.905. The molecule has 9 atom stereocenters. The minimum atomic E-state index is -1.54. The molecule has 4 aliphatic heterocycles. The number of fused-ring (bicyclic) bond motifs is 7. The van der Waals surface area contributed by atoms with Gasteiger partial charge in [-0.1, -0.05) is 91.0 Å². The molecule has 2 bridgehead atoms. The Labute approximate surface area is 419 Å². The molecular formula is C57H54N4O12. The summed E-state index contributed by atoms with van der Waals surface area (Å²) >= 11 is 0. The molecule has 16 heteroatoms. The summed E-state index contributed by atoms with van der Waals surface area (Å²) in [5, 5.41) is 24.3. The number of aryl methyl sites for hydroxylation is 1. The number of carbonyl (C=O) groups excluding carboxylic acids is 7. The molecule has 3 saturated heterocycles. The van der Waals surface area contributed by atoms with Crippen molar-refractivity contribution in [3.8, 4) is 11.5 Å². The van der Waals surface area contributed by atoms with Crippen LogP contribution in [0.25, 0.3) is 32.3 Å². The Morgan fingerprint density at radius 3 is 1.99 bits per heavy atom. The third kappa shape index (κ3) is 8.31. The van der Waals surface area contributed by atoms with Crippen LogP contribution in [0.4, 0.5) is 4.79 Å². The fourth-order valence-corrected chi connectivity index (χ4v) is 11.7. The van der Waals surface area contributed by atoms with Crippen LogP contribution in [0.3, 0.4) is 0 Å². The Morgan fingerprint density at radius 1 is 0.726 bits per heavy atom. The minimum absolute atomic E-state index is 0.00465. The molecular weight excluding hydrogens is 933 g/mol. The number of rotatable bonds is 15. The fraction of sp³-hybridized carbons (Fsp3) is 0.351. The van der Waals surface area contributed by atoms with E-state index in [1.807, 2.05) is 30.3 Å². The molecule has 0 spiro atoms. The molecule has 16 nitrogen and oxygen atoms in total. The van der Waals surface area contributed by atoms with Gasteiger partial charge in [-0.15, -0.1) is 0 Å². The van der Waals surface area contributed by atoms with Gasteiger partial charge in [0.2, 0.25) is 29.5 Å². The van der Waals surface area contributed by atoms with E-state index in [4.69, 9.17) is 18.9 Å². The number of hydrogen-bond acceptors (Lipinski definition) is 12. The summed E-state index contributed by atoms with van der Waals surface area (Å²) < 4.78 is 23.9. The van der Waals surface area contributed by atoms with Gasteiger partial charge >= 0.3 is 6.09 Å². The zero-order valence-corrected chi connectivity index (χ0v) is 40.7. The van der Waals surface area contributed by atoms with Crippen molar-refractivity contribution in [3.05, 3.63) is 131 Å². The third-order valence-corrected chi connectivity index (χ3v) is 15.1. The van der Waals surface area contributed by atoms with Crippen molar-refractivity contribution in [2.45, 2.75) is 76.5 Å². The van der Waals surface area contributed by atoms with E-state index >= 15 is 0 Å². The van der Waals surface area contributed by atoms with Crippen LogP contribution in [-0.4, -0.2) is 113 Å². The predicted octanol–water partition coefficient (Wildman–Crippen LogP) is 5.91. The maximum absolute atomic E-state index is 14.8. The molecule has 5 aliphatic rings. The lowest BCUT2D eigenvalue weighted by Gasteiger charge is -2.32. The topological polar surface area (TPSA) is 207 Å². The van der Waals surface area contributed by atoms with Gasteiger partial charge in [0, 0.05) is 18.7 Å². The van der Waals surface area contributed by atoms with Crippen molar-refractivity contribution < 1.29 is 57.6 Å². The number of hydrogen-bond donors (Lipinski definition) is 3. The molecule has 6 amide bonds. The minimum Gasteiger partial charge on any atom is -0.491 e. The number of carbonyl (C=O) groups is 7. The highest BCUT2D eigenvalue weighted by molar-refractivity contribution is 6.23. The molecule has 374 valence electrons. The summed E-state index contributed by atoms with van der Waals surface area (Å²) in [6, 6.07) is 26.4. The van der Waals surface area contributed by atoms with Gasteiger partial charge in [-0.25, -0.2) is 4.79 Å². The van der Waals surface area contributed by atoms with E-state index < -0.39 is 89.4 Å². The number of aliphatic hydroxyl groups excluding tert-OH is 1. The van der Waals surface area contributed by atoms with E-state index in [-0.39, 0.29) is 62.1 Å². The second-order valence-corrected chi connectivity index (χ2v) is 20.7. The van der Waals surface area contributed by atoms with Gasteiger partial charge in [0.15, 0.2) is 6.29 Å². The third-order valence-electron chi connectivity index (χ3n) is 15.1. The second-order valence-electron chi connectivity index (χ2n) is 20.7. The first-order valence-corrected chi connectivity index (χ1v) is 24.7. The Bertz CT molecular complexity index is 3260. The molecule has 0 aromatic heterocycles. The van der Waals surface area contributed by atoms with Gasteiger partial charge in [-0.2, -0.15) is 0 Å². The monoisotopic (exact) mass is 986 g/mol. The van der Waals surface area contributed by atoms with Crippen molar-refractivity contribution in [2.75, 3.05) is 26.3 Å². The van der Waals surface area contributed by atoms with Crippen LogP contribution in [0.2, 0.25) is 0 Å². The smallest absolute Gasteiger partial charge is 0.407 e. The van der Waals surface area contributed by atoms with Crippen molar-refractivity contribution in [2.24, 2.45) is 23.7 Å². The predicted molar refractivity (Wildman–Crippen MR) is 267 cm³/mol. The molecule has 73 heavy (non-hydrogen) atoms. The lowest BCUT2D eigenvalue weighted by Crippen LogP contribution is -2.51. The standard InChI is InChI=1S/C57H54N4O12/c1-29-8-5-12-40(39(29)26-62)70-27-35(24-58-44(63)23-33-17-16-32-15-14-30-9-6-10-31-18-19-37(33)46(32)45(30)31)60-52(65)38-22-34-11-7-13-41(47(34)51(64)48(38)53(60)66)71-28-36(25-59-56(69)73-57(2,3)4)61-54(67)49-42-20-21-43(72-42)50(49)55(61)68/h5-21,26,35-36,38,42-43,48-51,64H,22-25,27-28H2,1-4H3,(H,58,63)(H,59,69). The summed E-state index contributed by atoms with van der Waals surface area (Å²) in [6.45, 7) is 5.89. The highest BCUT2D eigenvalue weighted by Crippen LogP contribution is 2.49. The van der Waals surface area contributed by atoms with Gasteiger partial charge in [0.1, 0.15) is 30.3 Å². The number of ether oxygens (including phenoxy) is 4. The summed E-state index contributed by atoms with van der Waals surface area (Å²) in [4.78, 5) is 98.6. The SMILES string of the molecule is Cc1cccc(OCC(CNC(=O)Cc2ccc3ccc4cccc5ccc2c3c45)N2C(=O)C3Cc4cccc(OCC(CNC(=O)OC(C)(C)C)N5C(=O)C6C7C=CC(O7)C6C5=O)c4C(O)C3C2=O)c1C=O. The Balaban J connectivity index is 0.841. The Hall–Kier alpha value is -7.69. The Morgan fingerprint density at radius 2 is 1.30 bits per heavy atom. The molecule has 3 N–H and O–H groups in total. The zero-order valence-electron chi connectivity index (χ0n) is 40.7. The molecule has 11 rings (SSSR count). The number of nitrogens with zero attached hydrogens (tertiary/aromatic N) is 2. The number of aldehydes is 1. The number of benzene rings is 6. The number of aliphatic hydroxyl groups is 1. The fourth-order valence-electron chi connectivity index (χ4n) is 11.7. The van der Waals surface area contributed by atoms with Crippen molar-refractivity contribution in [1.29, 1.82) is 0 Å². The number of alkyl carbamates (subject to hydrolysis) is 1. The van der Waals surface area contributed by atoms with Gasteiger partial charge in [-0.05, 0) is 95.3 Å². The molecule has 0 radical (unpaired) electrons. The number of likely N-dealkylation sites (tertiary alicyclic amines) is 2. The molecule has 4 heterocycles. The molecule has 6 aromatic carbocycles. The van der Waals surface area contributed by atoms with E-state index in [0.717, 1.165) is 47.7 Å². The molecule has 0 saturated carbocycles. The highest BCUT2D eigenvalue weighted by atomic mass is 16.6. The lowest BCUT2D eigenvalue weighted by molar-refractivity contribution is -0.147. The number of nitrogens with one attached hydrogen (secondary N) is 2. The molecule has 3 fully saturated rings. The maximum atomic E-state index is 14.8. The maximum Gasteiger partial charge on any atom is 0.407 e. The number of amides is 6. The van der Waals surface area contributed by atoms with Crippen LogP contribution in [0.5, 0.6) is 11.5 Å². The molecule has 6 aromatic rings. The van der Waals surface area contributed by atoms with E-state index in [0.29, 0.717) is 23.0 Å². The number of imide groups is 2. The highest BCUT2D eigenvalue weighted by Gasteiger charge is 2.62. The second kappa shape index (κ2) is 18.4. The summed E-state index contributed by atoms with van der Waals surface area (Å²) in [5.74, 6) is -5.76. The molecule has 9 unspecified atom stereocenters. The average Bonchev–Trinajstić information content (AvgIpc) is 4.12. The van der Waals surface area contributed by atoms with Gasteiger partial charge in [0.05, 0.1) is 66.1 Å². The quantitative estimate of drug-likeness (QED) is 0.0475. The van der Waals surface area contributed by atoms with E-state index in [1.54, 1.807) is 76.2 Å². The van der Waals surface area contributed by atoms with Crippen molar-refractivity contribution in [1.82, 2.24) is 20.4 Å². The first-order chi connectivity index (χ1) is 35.1. The summed E-state index contributed by atoms with van der Waals surface area (Å²) in [7, 11) is 0. The van der Waals surface area contributed by atoms with Crippen LogP contribution in [-0.2, 0) is 46.3 Å². The van der Waals surface area contributed by atoms with Crippen LogP contribution < -0.4 is 20.1 Å². The van der Waals surface area contributed by atoms with Crippen LogP contribution in [0.1, 0.15) is 59.5 Å². The first-order valence-electron chi connectivity index (χ1n) is 24.7. The first kappa shape index (κ1) is 47.6. The Kier molecular flexibility index (Phi) is 12.0. The van der Waals surface area contributed by atoms with Crippen molar-refractivity contribution >= 4 is 74.2 Å². The van der Waals surface area contributed by atoms with E-state index in [1.165, 1.54) is 0 Å². The van der Waals surface area contributed by atoms with E-state index in [9.17, 15) is 38.7 Å². The summed E-state index contributed by atoms with van der Waals surface area (Å²) in [5.41, 5.74) is 1.75. The van der Waals surface area contributed by atoms with Crippen LogP contribution in [0, 0.1) is 30.6 Å². The molecule has 1 aliphatic carbocycles. The van der Waals surface area contributed by atoms with Gasteiger partial charge in [-0.3, -0.25) is 38.6 Å². The van der Waals surface area contributed by atoms with Crippen LogP contribution in [0.15, 0.2) is 103 Å². The van der Waals surface area contributed by atoms with E-state index in [2.05, 4.69) is 34.9 Å². The zero-order chi connectivity index (χ0) is 51.0. The van der Waals surface area contributed by atoms with Crippen LogP contribution >= 0.6 is 0 Å². The van der Waals surface area contributed by atoms with Gasteiger partial charge < -0.3 is 34.7 Å². The van der Waals surface area contributed by atoms with Crippen molar-refractivity contribution in [3.63, 3.8) is 0 Å². The lowest BCUT2D eigenvalue weighted by atomic mass is 9.75. The largest absolute Gasteiger partial charge is 0.491 e. The van der Waals surface area contributed by atoms with Gasteiger partial charge in [0.25, 0.3) is 0 Å². The average molecular weight is 987 g/mol.